The Morgan fingerprint density at radius 2 is 1.88 bits per heavy atom. The summed E-state index contributed by atoms with van der Waals surface area (Å²) < 4.78 is 16.2. The molecular formula is C25H21NO6S. The van der Waals surface area contributed by atoms with Crippen LogP contribution in [0.1, 0.15) is 27.6 Å². The van der Waals surface area contributed by atoms with Gasteiger partial charge in [0.25, 0.3) is 11.7 Å². The summed E-state index contributed by atoms with van der Waals surface area (Å²) in [5.74, 6) is 0.0966. The van der Waals surface area contributed by atoms with Crippen molar-refractivity contribution in [2.45, 2.75) is 19.9 Å². The number of aliphatic hydroxyl groups is 1. The topological polar surface area (TPSA) is 85.3 Å². The van der Waals surface area contributed by atoms with Crippen LogP contribution in [0.4, 0.5) is 5.69 Å². The van der Waals surface area contributed by atoms with Crippen molar-refractivity contribution < 1.29 is 28.9 Å². The summed E-state index contributed by atoms with van der Waals surface area (Å²) in [5.41, 5.74) is 2.56. The highest BCUT2D eigenvalue weighted by molar-refractivity contribution is 7.10. The van der Waals surface area contributed by atoms with Gasteiger partial charge in [0.2, 0.25) is 6.79 Å². The molecule has 0 radical (unpaired) electrons. The van der Waals surface area contributed by atoms with Crippen LogP contribution >= 0.6 is 11.3 Å². The molecule has 33 heavy (non-hydrogen) atoms. The lowest BCUT2D eigenvalue weighted by Crippen LogP contribution is -2.29. The molecule has 3 aromatic rings. The zero-order chi connectivity index (χ0) is 23.3. The summed E-state index contributed by atoms with van der Waals surface area (Å²) in [6.45, 7) is 3.78. The lowest BCUT2D eigenvalue weighted by Gasteiger charge is -2.24. The predicted octanol–water partition coefficient (Wildman–Crippen LogP) is 4.73. The van der Waals surface area contributed by atoms with E-state index in [0.717, 1.165) is 16.0 Å². The molecule has 8 heteroatoms. The van der Waals surface area contributed by atoms with E-state index in [-0.39, 0.29) is 18.1 Å². The van der Waals surface area contributed by atoms with Gasteiger partial charge in [0.05, 0.1) is 12.7 Å². The van der Waals surface area contributed by atoms with Gasteiger partial charge in [-0.3, -0.25) is 14.5 Å². The van der Waals surface area contributed by atoms with E-state index in [1.54, 1.807) is 37.4 Å². The molecule has 1 atom stereocenters. The summed E-state index contributed by atoms with van der Waals surface area (Å²) in [6.07, 6.45) is 0. The van der Waals surface area contributed by atoms with Crippen LogP contribution in [0.25, 0.3) is 5.76 Å². The molecule has 5 rings (SSSR count). The third kappa shape index (κ3) is 3.34. The van der Waals surface area contributed by atoms with Crippen molar-refractivity contribution in [2.24, 2.45) is 0 Å². The zero-order valence-corrected chi connectivity index (χ0v) is 19.1. The lowest BCUT2D eigenvalue weighted by molar-refractivity contribution is -0.132. The van der Waals surface area contributed by atoms with E-state index in [0.29, 0.717) is 28.5 Å². The highest BCUT2D eigenvalue weighted by Crippen LogP contribution is 2.46. The average molecular weight is 464 g/mol. The van der Waals surface area contributed by atoms with Gasteiger partial charge in [0, 0.05) is 22.2 Å². The third-order valence-corrected chi connectivity index (χ3v) is 6.81. The number of nitrogens with zero attached hydrogens (tertiary/aromatic N) is 1. The standard InChI is InChI=1S/C25H21NO6S/c1-13-10-18(30-3)14(2)9-16(13)23(27)21-22(20-5-4-8-33-20)26(25(29)24(21)28)15-6-7-17-19(11-15)32-12-31-17/h4-11,22,27H,12H2,1-3H3/b23-21-. The first-order valence-corrected chi connectivity index (χ1v) is 11.2. The van der Waals surface area contributed by atoms with Crippen LogP contribution in [0.3, 0.4) is 0 Å². The van der Waals surface area contributed by atoms with Crippen LogP contribution in [0.5, 0.6) is 17.2 Å². The van der Waals surface area contributed by atoms with E-state index in [9.17, 15) is 14.7 Å². The van der Waals surface area contributed by atoms with Crippen LogP contribution in [0, 0.1) is 13.8 Å². The average Bonchev–Trinajstić information content (AvgIpc) is 3.54. The second kappa shape index (κ2) is 7.97. The maximum Gasteiger partial charge on any atom is 0.300 e. The second-order valence-corrected chi connectivity index (χ2v) is 8.84. The molecule has 2 aromatic carbocycles. The van der Waals surface area contributed by atoms with Gasteiger partial charge in [0.1, 0.15) is 17.6 Å². The number of carbonyl (C=O) groups excluding carboxylic acids is 2. The molecule has 0 spiro atoms. The second-order valence-electron chi connectivity index (χ2n) is 7.86. The summed E-state index contributed by atoms with van der Waals surface area (Å²) in [4.78, 5) is 28.7. The normalized spacial score (nSPS) is 18.8. The quantitative estimate of drug-likeness (QED) is 0.342. The molecule has 7 nitrogen and oxygen atoms in total. The van der Waals surface area contributed by atoms with Gasteiger partial charge >= 0.3 is 0 Å². The van der Waals surface area contributed by atoms with Gasteiger partial charge in [-0.1, -0.05) is 6.07 Å². The molecule has 1 N–H and O–H groups in total. The molecule has 1 unspecified atom stereocenters. The van der Waals surface area contributed by atoms with E-state index >= 15 is 0 Å². The molecule has 3 heterocycles. The molecule has 1 amide bonds. The molecule has 1 fully saturated rings. The highest BCUT2D eigenvalue weighted by atomic mass is 32.1. The summed E-state index contributed by atoms with van der Waals surface area (Å²) in [7, 11) is 1.58. The largest absolute Gasteiger partial charge is 0.507 e. The monoisotopic (exact) mass is 463 g/mol. The molecule has 0 bridgehead atoms. The Kier molecular flexibility index (Phi) is 5.09. The number of methoxy groups -OCH3 is 1. The number of carbonyl (C=O) groups is 2. The van der Waals surface area contributed by atoms with E-state index in [4.69, 9.17) is 14.2 Å². The Balaban J connectivity index is 1.70. The number of fused-ring (bicyclic) bond motifs is 1. The fraction of sp³-hybridized carbons (Fsp3) is 0.200. The number of amides is 1. The Hall–Kier alpha value is -3.78. The Morgan fingerprint density at radius 1 is 1.09 bits per heavy atom. The highest BCUT2D eigenvalue weighted by Gasteiger charge is 2.47. The number of ketones is 1. The van der Waals surface area contributed by atoms with Gasteiger partial charge < -0.3 is 19.3 Å². The summed E-state index contributed by atoms with van der Waals surface area (Å²) in [6, 6.07) is 11.6. The van der Waals surface area contributed by atoms with Crippen LogP contribution in [0.15, 0.2) is 53.4 Å². The number of hydrogen-bond acceptors (Lipinski definition) is 7. The molecular weight excluding hydrogens is 442 g/mol. The predicted molar refractivity (Wildman–Crippen MR) is 124 cm³/mol. The molecule has 168 valence electrons. The number of benzene rings is 2. The van der Waals surface area contributed by atoms with Gasteiger partial charge in [-0.2, -0.15) is 0 Å². The third-order valence-electron chi connectivity index (χ3n) is 5.89. The number of rotatable bonds is 4. The van der Waals surface area contributed by atoms with Crippen molar-refractivity contribution >= 4 is 34.5 Å². The molecule has 1 saturated heterocycles. The van der Waals surface area contributed by atoms with Crippen molar-refractivity contribution in [1.29, 1.82) is 0 Å². The van der Waals surface area contributed by atoms with Crippen LogP contribution in [-0.2, 0) is 9.59 Å². The van der Waals surface area contributed by atoms with Crippen LogP contribution in [-0.4, -0.2) is 30.7 Å². The SMILES string of the molecule is COc1cc(C)c(/C(O)=C2/C(=O)C(=O)N(c3ccc4c(c3)OCO4)C2c2cccs2)cc1C. The minimum atomic E-state index is -0.771. The van der Waals surface area contributed by atoms with Gasteiger partial charge in [0.15, 0.2) is 11.5 Å². The van der Waals surface area contributed by atoms with Crippen molar-refractivity contribution in [1.82, 2.24) is 0 Å². The lowest BCUT2D eigenvalue weighted by atomic mass is 9.95. The van der Waals surface area contributed by atoms with Crippen LogP contribution in [0.2, 0.25) is 0 Å². The Morgan fingerprint density at radius 3 is 2.61 bits per heavy atom. The first-order chi connectivity index (χ1) is 15.9. The number of aliphatic hydroxyl groups excluding tert-OH is 1. The van der Waals surface area contributed by atoms with Gasteiger partial charge in [-0.15, -0.1) is 11.3 Å². The zero-order valence-electron chi connectivity index (χ0n) is 18.2. The minimum absolute atomic E-state index is 0.0489. The maximum absolute atomic E-state index is 13.3. The number of ether oxygens (including phenoxy) is 3. The van der Waals surface area contributed by atoms with Crippen LogP contribution < -0.4 is 19.1 Å². The van der Waals surface area contributed by atoms with E-state index < -0.39 is 17.7 Å². The number of aryl methyl sites for hydroxylation is 2. The maximum atomic E-state index is 13.3. The van der Waals surface area contributed by atoms with E-state index in [1.807, 2.05) is 31.4 Å². The minimum Gasteiger partial charge on any atom is -0.507 e. The number of Topliss-reactive ketones (excluding diaryl/α,β-unsaturated/α-hetero) is 1. The smallest absolute Gasteiger partial charge is 0.300 e. The van der Waals surface area contributed by atoms with Gasteiger partial charge in [-0.25, -0.2) is 0 Å². The first kappa shape index (κ1) is 21.1. The molecule has 0 aliphatic carbocycles. The number of hydrogen-bond donors (Lipinski definition) is 1. The van der Waals surface area contributed by atoms with E-state index in [2.05, 4.69) is 0 Å². The summed E-state index contributed by atoms with van der Waals surface area (Å²) in [5, 5.41) is 13.2. The molecule has 2 aliphatic heterocycles. The summed E-state index contributed by atoms with van der Waals surface area (Å²) >= 11 is 1.41. The first-order valence-electron chi connectivity index (χ1n) is 10.3. The fourth-order valence-corrected chi connectivity index (χ4v) is 5.08. The van der Waals surface area contributed by atoms with Crippen molar-refractivity contribution in [3.8, 4) is 17.2 Å². The van der Waals surface area contributed by atoms with Crippen molar-refractivity contribution in [2.75, 3.05) is 18.8 Å². The van der Waals surface area contributed by atoms with Gasteiger partial charge in [-0.05, 0) is 60.7 Å². The van der Waals surface area contributed by atoms with Crippen molar-refractivity contribution in [3.05, 3.63) is 75.0 Å². The van der Waals surface area contributed by atoms with Crippen molar-refractivity contribution in [3.63, 3.8) is 0 Å². The molecule has 1 aromatic heterocycles. The Bertz CT molecular complexity index is 1310. The molecule has 0 saturated carbocycles. The molecule has 2 aliphatic rings. The number of anilines is 1. The van der Waals surface area contributed by atoms with E-state index in [1.165, 1.54) is 16.2 Å². The Labute approximate surface area is 194 Å². The number of thiophene rings is 1. The fourth-order valence-electron chi connectivity index (χ4n) is 4.26.